The largest absolute Gasteiger partial charge is 0.400 e. The van der Waals surface area contributed by atoms with Gasteiger partial charge in [0.25, 0.3) is 0 Å². The van der Waals surface area contributed by atoms with Crippen molar-refractivity contribution in [3.63, 3.8) is 0 Å². The van der Waals surface area contributed by atoms with Crippen LogP contribution in [0.3, 0.4) is 0 Å². The third-order valence-electron chi connectivity index (χ3n) is 5.59. The highest BCUT2D eigenvalue weighted by Crippen LogP contribution is 2.28. The lowest BCUT2D eigenvalue weighted by molar-refractivity contribution is 0.100. The molecule has 0 aliphatic heterocycles. The van der Waals surface area contributed by atoms with Crippen LogP contribution in [0.4, 0.5) is 0 Å². The van der Waals surface area contributed by atoms with Crippen molar-refractivity contribution in [1.82, 2.24) is 0 Å². The normalized spacial score (nSPS) is 13.4. The molecule has 2 aliphatic rings. The van der Waals surface area contributed by atoms with Crippen molar-refractivity contribution in [2.75, 3.05) is 7.11 Å². The van der Waals surface area contributed by atoms with Gasteiger partial charge >= 0.3 is 0 Å². The summed E-state index contributed by atoms with van der Waals surface area (Å²) in [7, 11) is 1.00. The predicted octanol–water partition coefficient (Wildman–Crippen LogP) is 4.61. The van der Waals surface area contributed by atoms with Gasteiger partial charge in [-0.1, -0.05) is 72.8 Å². The van der Waals surface area contributed by atoms with E-state index in [9.17, 15) is 4.79 Å². The van der Waals surface area contributed by atoms with Crippen molar-refractivity contribution in [1.29, 1.82) is 0 Å². The molecule has 0 unspecified atom stereocenters. The molecule has 0 radical (unpaired) electrons. The van der Waals surface area contributed by atoms with Crippen LogP contribution in [0.5, 0.6) is 0 Å². The molecule has 3 nitrogen and oxygen atoms in total. The second-order valence-corrected chi connectivity index (χ2v) is 7.61. The molecule has 5 rings (SSSR count). The Bertz CT molecular complexity index is 980. The van der Waals surface area contributed by atoms with Crippen LogP contribution in [-0.2, 0) is 25.7 Å². The molecule has 30 heavy (non-hydrogen) atoms. The first kappa shape index (κ1) is 21.5. The van der Waals surface area contributed by atoms with Crippen LogP contribution in [0.2, 0.25) is 0 Å². The lowest BCUT2D eigenvalue weighted by atomic mass is 9.96. The maximum absolute atomic E-state index is 11.0. The summed E-state index contributed by atoms with van der Waals surface area (Å²) in [6, 6.07) is 24.9. The lowest BCUT2D eigenvalue weighted by Crippen LogP contribution is -2.11. The SMILES string of the molecule is C1=Cc2ccccc2C1.CO.NC(=O)c1ccc(CC2Cc3ccccc3C2)cc1. The van der Waals surface area contributed by atoms with Gasteiger partial charge in [-0.25, -0.2) is 0 Å². The fourth-order valence-electron chi connectivity index (χ4n) is 4.13. The van der Waals surface area contributed by atoms with Gasteiger partial charge < -0.3 is 10.8 Å². The second-order valence-electron chi connectivity index (χ2n) is 7.61. The number of rotatable bonds is 3. The first-order valence-corrected chi connectivity index (χ1v) is 10.3. The van der Waals surface area contributed by atoms with E-state index in [0.717, 1.165) is 32.8 Å². The quantitative estimate of drug-likeness (QED) is 0.676. The van der Waals surface area contributed by atoms with Gasteiger partial charge in [0.15, 0.2) is 0 Å². The van der Waals surface area contributed by atoms with Gasteiger partial charge in [0, 0.05) is 12.7 Å². The van der Waals surface area contributed by atoms with E-state index in [1.807, 2.05) is 24.3 Å². The van der Waals surface area contributed by atoms with Crippen LogP contribution < -0.4 is 5.73 Å². The Morgan fingerprint density at radius 1 is 0.867 bits per heavy atom. The zero-order valence-electron chi connectivity index (χ0n) is 17.4. The molecule has 0 aromatic heterocycles. The molecule has 0 heterocycles. The number of amides is 1. The summed E-state index contributed by atoms with van der Waals surface area (Å²) in [5.41, 5.74) is 12.9. The molecule has 0 fully saturated rings. The Kier molecular flexibility index (Phi) is 7.58. The Balaban J connectivity index is 0.000000194. The van der Waals surface area contributed by atoms with E-state index >= 15 is 0 Å². The van der Waals surface area contributed by atoms with Gasteiger partial charge in [-0.3, -0.25) is 4.79 Å². The number of carbonyl (C=O) groups excluding carboxylic acids is 1. The Hall–Kier alpha value is -3.17. The van der Waals surface area contributed by atoms with E-state index < -0.39 is 0 Å². The van der Waals surface area contributed by atoms with Crippen molar-refractivity contribution in [2.24, 2.45) is 11.7 Å². The van der Waals surface area contributed by atoms with E-state index in [4.69, 9.17) is 10.8 Å². The molecule has 0 spiro atoms. The fourth-order valence-corrected chi connectivity index (χ4v) is 4.13. The molecule has 154 valence electrons. The summed E-state index contributed by atoms with van der Waals surface area (Å²) >= 11 is 0. The number of aliphatic hydroxyl groups excluding tert-OH is 1. The monoisotopic (exact) mass is 399 g/mol. The zero-order valence-corrected chi connectivity index (χ0v) is 17.4. The highest BCUT2D eigenvalue weighted by molar-refractivity contribution is 5.92. The van der Waals surface area contributed by atoms with E-state index in [-0.39, 0.29) is 5.91 Å². The minimum Gasteiger partial charge on any atom is -0.400 e. The van der Waals surface area contributed by atoms with Crippen molar-refractivity contribution < 1.29 is 9.90 Å². The number of hydrogen-bond acceptors (Lipinski definition) is 2. The molecule has 0 bridgehead atoms. The molecule has 2 aliphatic carbocycles. The summed E-state index contributed by atoms with van der Waals surface area (Å²) in [5.74, 6) is 0.316. The van der Waals surface area contributed by atoms with Crippen LogP contribution in [0.25, 0.3) is 6.08 Å². The number of benzene rings is 3. The minimum atomic E-state index is -0.361. The highest BCUT2D eigenvalue weighted by atomic mass is 16.2. The summed E-state index contributed by atoms with van der Waals surface area (Å²) in [6.07, 6.45) is 8.88. The van der Waals surface area contributed by atoms with Crippen LogP contribution in [0.15, 0.2) is 78.9 Å². The summed E-state index contributed by atoms with van der Waals surface area (Å²) in [5, 5.41) is 7.00. The maximum atomic E-state index is 11.0. The van der Waals surface area contributed by atoms with E-state index in [0.29, 0.717) is 11.5 Å². The standard InChI is InChI=1S/C17H17NO.C9H8.CH4O/c18-17(19)14-7-5-12(6-8-14)9-13-10-15-3-1-2-4-16(15)11-13;1-2-5-9-7-3-6-8(9)4-1;1-2/h1-8,13H,9-11H2,(H2,18,19);1-6H,7H2;2H,1H3. The molecular weight excluding hydrogens is 370 g/mol. The average molecular weight is 400 g/mol. The molecule has 3 aromatic carbocycles. The van der Waals surface area contributed by atoms with Gasteiger partial charge in [0.05, 0.1) is 0 Å². The van der Waals surface area contributed by atoms with Gasteiger partial charge in [-0.15, -0.1) is 0 Å². The smallest absolute Gasteiger partial charge is 0.248 e. The van der Waals surface area contributed by atoms with Crippen molar-refractivity contribution >= 4 is 12.0 Å². The van der Waals surface area contributed by atoms with Crippen molar-refractivity contribution in [3.05, 3.63) is 112 Å². The summed E-state index contributed by atoms with van der Waals surface area (Å²) in [4.78, 5) is 11.0. The van der Waals surface area contributed by atoms with E-state index in [2.05, 4.69) is 60.7 Å². The van der Waals surface area contributed by atoms with Gasteiger partial charge in [-0.05, 0) is 71.6 Å². The Labute approximate surface area is 178 Å². The molecule has 0 atom stereocenters. The topological polar surface area (TPSA) is 63.3 Å². The minimum absolute atomic E-state index is 0.361. The first-order chi connectivity index (χ1) is 14.7. The summed E-state index contributed by atoms with van der Waals surface area (Å²) < 4.78 is 0. The number of nitrogens with two attached hydrogens (primary N) is 1. The summed E-state index contributed by atoms with van der Waals surface area (Å²) in [6.45, 7) is 0. The third-order valence-corrected chi connectivity index (χ3v) is 5.59. The van der Waals surface area contributed by atoms with Crippen LogP contribution in [-0.4, -0.2) is 18.1 Å². The lowest BCUT2D eigenvalue weighted by Gasteiger charge is -2.09. The fraction of sp³-hybridized carbons (Fsp3) is 0.222. The number of carbonyl (C=O) groups is 1. The maximum Gasteiger partial charge on any atom is 0.248 e. The predicted molar refractivity (Wildman–Crippen MR) is 123 cm³/mol. The van der Waals surface area contributed by atoms with Crippen molar-refractivity contribution in [3.8, 4) is 0 Å². The third kappa shape index (κ3) is 5.46. The Morgan fingerprint density at radius 2 is 1.43 bits per heavy atom. The number of aliphatic hydroxyl groups is 1. The molecule has 3 N–H and O–H groups in total. The highest BCUT2D eigenvalue weighted by Gasteiger charge is 2.20. The number of hydrogen-bond donors (Lipinski definition) is 2. The van der Waals surface area contributed by atoms with Crippen LogP contribution in [0.1, 0.15) is 38.2 Å². The molecule has 1 amide bonds. The molecule has 3 aromatic rings. The zero-order chi connectivity index (χ0) is 21.3. The average Bonchev–Trinajstić information content (AvgIpc) is 3.42. The molecule has 0 saturated carbocycles. The number of allylic oxidation sites excluding steroid dienone is 1. The number of primary amides is 1. The van der Waals surface area contributed by atoms with Crippen LogP contribution in [0, 0.1) is 5.92 Å². The van der Waals surface area contributed by atoms with Gasteiger partial charge in [0.2, 0.25) is 5.91 Å². The molecule has 3 heteroatoms. The molecule has 0 saturated heterocycles. The first-order valence-electron chi connectivity index (χ1n) is 10.3. The van der Waals surface area contributed by atoms with Gasteiger partial charge in [0.1, 0.15) is 0 Å². The van der Waals surface area contributed by atoms with Gasteiger partial charge in [-0.2, -0.15) is 0 Å². The van der Waals surface area contributed by atoms with Crippen LogP contribution >= 0.6 is 0 Å². The van der Waals surface area contributed by atoms with Crippen molar-refractivity contribution in [2.45, 2.75) is 25.7 Å². The van der Waals surface area contributed by atoms with E-state index in [1.54, 1.807) is 0 Å². The second kappa shape index (κ2) is 10.6. The number of fused-ring (bicyclic) bond motifs is 2. The van der Waals surface area contributed by atoms with E-state index in [1.165, 1.54) is 27.8 Å². The Morgan fingerprint density at radius 3 is 2.00 bits per heavy atom. The molecular formula is C27H29NO2.